The van der Waals surface area contributed by atoms with Crippen LogP contribution < -0.4 is 16.8 Å². The van der Waals surface area contributed by atoms with E-state index >= 15 is 0 Å². The summed E-state index contributed by atoms with van der Waals surface area (Å²) in [5.74, 6) is 0.0609. The number of hydrogen-bond donors (Lipinski definition) is 3. The van der Waals surface area contributed by atoms with Crippen LogP contribution in [0.25, 0.3) is 0 Å². The van der Waals surface area contributed by atoms with E-state index in [1.54, 1.807) is 12.1 Å². The lowest BCUT2D eigenvalue weighted by Gasteiger charge is -2.04. The molecule has 0 aromatic heterocycles. The Hall–Kier alpha value is -2.04. The highest BCUT2D eigenvalue weighted by Gasteiger charge is 2.02. The van der Waals surface area contributed by atoms with Crippen LogP contribution in [0.1, 0.15) is 23.2 Å². The molecule has 1 aromatic rings. The fourth-order valence-corrected chi connectivity index (χ4v) is 1.34. The number of nitrogens with one attached hydrogen (secondary N) is 1. The monoisotopic (exact) mass is 234 g/mol. The highest BCUT2D eigenvalue weighted by Crippen LogP contribution is 1.98. The minimum absolute atomic E-state index is 0.0487. The zero-order valence-corrected chi connectivity index (χ0v) is 9.73. The molecule has 1 amide bonds. The molecule has 0 aliphatic carbocycles. The van der Waals surface area contributed by atoms with E-state index < -0.39 is 0 Å². The summed E-state index contributed by atoms with van der Waals surface area (Å²) in [6.45, 7) is 1.23. The van der Waals surface area contributed by atoms with E-state index in [-0.39, 0.29) is 11.9 Å². The topological polar surface area (TPSA) is 93.5 Å². The summed E-state index contributed by atoms with van der Waals surface area (Å²) < 4.78 is 0. The van der Waals surface area contributed by atoms with Gasteiger partial charge in [0.2, 0.25) is 0 Å². The summed E-state index contributed by atoms with van der Waals surface area (Å²) in [4.78, 5) is 15.5. The van der Waals surface area contributed by atoms with Crippen molar-refractivity contribution in [2.24, 2.45) is 16.5 Å². The lowest BCUT2D eigenvalue weighted by molar-refractivity contribution is 0.0953. The molecule has 0 fully saturated rings. The van der Waals surface area contributed by atoms with Gasteiger partial charge >= 0.3 is 0 Å². The molecule has 0 spiro atoms. The third kappa shape index (κ3) is 5.55. The zero-order chi connectivity index (χ0) is 12.5. The number of carbonyl (C=O) groups excluding carboxylic acids is 1. The Kier molecular flexibility index (Phi) is 5.57. The Balaban J connectivity index is 2.15. The van der Waals surface area contributed by atoms with Gasteiger partial charge in [-0.1, -0.05) is 18.2 Å². The number of rotatable bonds is 6. The van der Waals surface area contributed by atoms with Gasteiger partial charge < -0.3 is 16.8 Å². The van der Waals surface area contributed by atoms with Crippen molar-refractivity contribution in [1.29, 1.82) is 0 Å². The van der Waals surface area contributed by atoms with Crippen LogP contribution >= 0.6 is 0 Å². The molecule has 0 heterocycles. The fourth-order valence-electron chi connectivity index (χ4n) is 1.34. The molecular formula is C12H18N4O. The Morgan fingerprint density at radius 1 is 1.18 bits per heavy atom. The highest BCUT2D eigenvalue weighted by molar-refractivity contribution is 5.94. The molecule has 5 N–H and O–H groups in total. The van der Waals surface area contributed by atoms with Crippen LogP contribution in [0.5, 0.6) is 0 Å². The second-order valence-electron chi connectivity index (χ2n) is 3.64. The smallest absolute Gasteiger partial charge is 0.251 e. The van der Waals surface area contributed by atoms with Crippen LogP contribution in [0, 0.1) is 0 Å². The van der Waals surface area contributed by atoms with Gasteiger partial charge in [0.1, 0.15) is 0 Å². The zero-order valence-electron chi connectivity index (χ0n) is 9.73. The maximum atomic E-state index is 11.6. The third-order valence-electron chi connectivity index (χ3n) is 2.20. The summed E-state index contributed by atoms with van der Waals surface area (Å²) in [5, 5.41) is 2.84. The number of carbonyl (C=O) groups is 1. The van der Waals surface area contributed by atoms with Gasteiger partial charge in [-0.15, -0.1) is 0 Å². The van der Waals surface area contributed by atoms with Gasteiger partial charge in [0.25, 0.3) is 5.91 Å². The normalized spacial score (nSPS) is 9.65. The van der Waals surface area contributed by atoms with Crippen molar-refractivity contribution in [3.63, 3.8) is 0 Å². The van der Waals surface area contributed by atoms with E-state index in [4.69, 9.17) is 11.5 Å². The minimum Gasteiger partial charge on any atom is -0.370 e. The molecule has 0 radical (unpaired) electrons. The van der Waals surface area contributed by atoms with Crippen LogP contribution in [0.2, 0.25) is 0 Å². The Bertz CT molecular complexity index is 371. The van der Waals surface area contributed by atoms with Gasteiger partial charge in [-0.2, -0.15) is 0 Å². The second-order valence-corrected chi connectivity index (χ2v) is 3.64. The molecule has 5 nitrogen and oxygen atoms in total. The lowest BCUT2D eigenvalue weighted by atomic mass is 10.2. The first kappa shape index (κ1) is 13.0. The van der Waals surface area contributed by atoms with E-state index in [0.29, 0.717) is 18.7 Å². The van der Waals surface area contributed by atoms with E-state index in [2.05, 4.69) is 10.3 Å². The third-order valence-corrected chi connectivity index (χ3v) is 2.20. The molecule has 1 rings (SSSR count). The first-order valence-corrected chi connectivity index (χ1v) is 5.59. The van der Waals surface area contributed by atoms with Gasteiger partial charge in [0, 0.05) is 18.7 Å². The lowest BCUT2D eigenvalue weighted by Crippen LogP contribution is -2.25. The summed E-state index contributed by atoms with van der Waals surface area (Å²) in [6.07, 6.45) is 1.71. The van der Waals surface area contributed by atoms with Crippen LogP contribution in [-0.2, 0) is 0 Å². The number of nitrogens with two attached hydrogens (primary N) is 2. The first-order valence-electron chi connectivity index (χ1n) is 5.59. The van der Waals surface area contributed by atoms with Crippen molar-refractivity contribution in [3.8, 4) is 0 Å². The van der Waals surface area contributed by atoms with Gasteiger partial charge in [-0.25, -0.2) is 0 Å². The Labute approximate surface area is 101 Å². The molecule has 0 aliphatic heterocycles. The molecule has 17 heavy (non-hydrogen) atoms. The van der Waals surface area contributed by atoms with Crippen molar-refractivity contribution in [1.82, 2.24) is 5.32 Å². The molecule has 0 aliphatic rings. The molecule has 0 saturated carbocycles. The quantitative estimate of drug-likeness (QED) is 0.379. The maximum absolute atomic E-state index is 11.6. The van der Waals surface area contributed by atoms with Crippen molar-refractivity contribution < 1.29 is 4.79 Å². The molecule has 0 saturated heterocycles. The van der Waals surface area contributed by atoms with E-state index in [1.165, 1.54) is 0 Å². The number of amides is 1. The molecule has 92 valence electrons. The van der Waals surface area contributed by atoms with Crippen molar-refractivity contribution in [2.45, 2.75) is 12.8 Å². The van der Waals surface area contributed by atoms with Crippen LogP contribution in [0.3, 0.4) is 0 Å². The number of guanidine groups is 1. The summed E-state index contributed by atoms with van der Waals surface area (Å²) >= 11 is 0. The molecule has 5 heteroatoms. The highest BCUT2D eigenvalue weighted by atomic mass is 16.1. The average Bonchev–Trinajstić information content (AvgIpc) is 2.34. The summed E-state index contributed by atoms with van der Waals surface area (Å²) in [7, 11) is 0. The minimum atomic E-state index is -0.0487. The van der Waals surface area contributed by atoms with E-state index in [9.17, 15) is 4.79 Å². The standard InChI is InChI=1S/C12H18N4O/c13-12(14)16-9-5-4-8-15-11(17)10-6-2-1-3-7-10/h1-3,6-7H,4-5,8-9H2,(H,15,17)(H4,13,14,16). The average molecular weight is 234 g/mol. The maximum Gasteiger partial charge on any atom is 0.251 e. The van der Waals surface area contributed by atoms with Crippen LogP contribution in [0.15, 0.2) is 35.3 Å². The van der Waals surface area contributed by atoms with Gasteiger partial charge in [0.05, 0.1) is 0 Å². The predicted molar refractivity (Wildman–Crippen MR) is 68.7 cm³/mol. The van der Waals surface area contributed by atoms with Crippen LogP contribution in [0.4, 0.5) is 0 Å². The molecule has 0 bridgehead atoms. The molecular weight excluding hydrogens is 216 g/mol. The largest absolute Gasteiger partial charge is 0.370 e. The van der Waals surface area contributed by atoms with E-state index in [1.807, 2.05) is 18.2 Å². The Morgan fingerprint density at radius 3 is 2.53 bits per heavy atom. The van der Waals surface area contributed by atoms with Gasteiger partial charge in [-0.3, -0.25) is 9.79 Å². The van der Waals surface area contributed by atoms with Crippen molar-refractivity contribution >= 4 is 11.9 Å². The fraction of sp³-hybridized carbons (Fsp3) is 0.333. The van der Waals surface area contributed by atoms with Gasteiger partial charge in [0.15, 0.2) is 5.96 Å². The number of hydrogen-bond acceptors (Lipinski definition) is 2. The number of aliphatic imine (C=N–C) groups is 1. The summed E-state index contributed by atoms with van der Waals surface area (Å²) in [5.41, 5.74) is 11.1. The predicted octanol–water partition coefficient (Wildman–Crippen LogP) is 0.470. The van der Waals surface area contributed by atoms with Crippen molar-refractivity contribution in [3.05, 3.63) is 35.9 Å². The molecule has 0 atom stereocenters. The van der Waals surface area contributed by atoms with Crippen LogP contribution in [-0.4, -0.2) is 25.0 Å². The first-order chi connectivity index (χ1) is 8.20. The number of nitrogens with zero attached hydrogens (tertiary/aromatic N) is 1. The second kappa shape index (κ2) is 7.27. The Morgan fingerprint density at radius 2 is 1.88 bits per heavy atom. The SMILES string of the molecule is NC(N)=NCCCCNC(=O)c1ccccc1. The summed E-state index contributed by atoms with van der Waals surface area (Å²) in [6, 6.07) is 9.14. The molecule has 1 aromatic carbocycles. The molecule has 0 unspecified atom stereocenters. The number of unbranched alkanes of at least 4 members (excludes halogenated alkanes) is 1. The number of benzene rings is 1. The van der Waals surface area contributed by atoms with Gasteiger partial charge in [-0.05, 0) is 25.0 Å². The van der Waals surface area contributed by atoms with E-state index in [0.717, 1.165) is 12.8 Å². The van der Waals surface area contributed by atoms with Crippen molar-refractivity contribution in [2.75, 3.05) is 13.1 Å².